The number of anilines is 1. The lowest BCUT2D eigenvalue weighted by atomic mass is 10.2. The fourth-order valence-electron chi connectivity index (χ4n) is 1.12. The SMILES string of the molecule is Nc1ncc(-c2cccc(SBr)c2)s1. The number of aromatic nitrogens is 1. The highest BCUT2D eigenvalue weighted by atomic mass is 79.9. The van der Waals surface area contributed by atoms with Crippen LogP contribution in [0.15, 0.2) is 35.4 Å². The summed E-state index contributed by atoms with van der Waals surface area (Å²) in [4.78, 5) is 6.30. The Hall–Kier alpha value is -0.520. The van der Waals surface area contributed by atoms with Gasteiger partial charge in [-0.2, -0.15) is 0 Å². The molecule has 0 atom stereocenters. The average Bonchev–Trinajstić information content (AvgIpc) is 2.65. The summed E-state index contributed by atoms with van der Waals surface area (Å²) in [6.45, 7) is 0. The van der Waals surface area contributed by atoms with E-state index >= 15 is 0 Å². The predicted octanol–water partition coefficient (Wildman–Crippen LogP) is 3.79. The highest BCUT2D eigenvalue weighted by Gasteiger charge is 2.02. The fraction of sp³-hybridized carbons (Fsp3) is 0. The number of halogens is 1. The second kappa shape index (κ2) is 4.33. The van der Waals surface area contributed by atoms with E-state index in [1.807, 2.05) is 12.1 Å². The fourth-order valence-corrected chi connectivity index (χ4v) is 2.71. The first-order valence-corrected chi connectivity index (χ1v) is 7.37. The largest absolute Gasteiger partial charge is 0.375 e. The molecule has 0 saturated heterocycles. The highest BCUT2D eigenvalue weighted by Crippen LogP contribution is 2.32. The van der Waals surface area contributed by atoms with Gasteiger partial charge in [0.2, 0.25) is 0 Å². The lowest BCUT2D eigenvalue weighted by Gasteiger charge is -1.98. The van der Waals surface area contributed by atoms with Gasteiger partial charge in [0.05, 0.1) is 4.88 Å². The molecule has 2 rings (SSSR count). The molecule has 0 spiro atoms. The van der Waals surface area contributed by atoms with Crippen molar-refractivity contribution in [2.75, 3.05) is 5.73 Å². The number of hydrogen-bond acceptors (Lipinski definition) is 4. The summed E-state index contributed by atoms with van der Waals surface area (Å²) < 4.78 is 0. The summed E-state index contributed by atoms with van der Waals surface area (Å²) in [7, 11) is 1.55. The van der Waals surface area contributed by atoms with E-state index in [4.69, 9.17) is 5.73 Å². The van der Waals surface area contributed by atoms with Crippen LogP contribution in [0.3, 0.4) is 0 Å². The maximum atomic E-state index is 5.58. The van der Waals surface area contributed by atoms with E-state index < -0.39 is 0 Å². The normalized spacial score (nSPS) is 10.4. The molecule has 2 N–H and O–H groups in total. The second-order valence-electron chi connectivity index (χ2n) is 2.67. The maximum absolute atomic E-state index is 5.58. The van der Waals surface area contributed by atoms with E-state index in [9.17, 15) is 0 Å². The molecule has 0 radical (unpaired) electrons. The van der Waals surface area contributed by atoms with Gasteiger partial charge in [-0.3, -0.25) is 0 Å². The second-order valence-corrected chi connectivity index (χ2v) is 5.33. The van der Waals surface area contributed by atoms with Crippen LogP contribution in [0.25, 0.3) is 10.4 Å². The lowest BCUT2D eigenvalue weighted by molar-refractivity contribution is 1.42. The zero-order valence-electron chi connectivity index (χ0n) is 7.11. The van der Waals surface area contributed by atoms with Crippen molar-refractivity contribution in [3.8, 4) is 10.4 Å². The molecule has 1 aromatic carbocycles. The van der Waals surface area contributed by atoms with Crippen molar-refractivity contribution in [3.63, 3.8) is 0 Å². The molecule has 0 unspecified atom stereocenters. The van der Waals surface area contributed by atoms with Gasteiger partial charge in [0.1, 0.15) is 0 Å². The first-order chi connectivity index (χ1) is 6.79. The van der Waals surface area contributed by atoms with Crippen LogP contribution < -0.4 is 5.73 Å². The summed E-state index contributed by atoms with van der Waals surface area (Å²) in [5.74, 6) is 0. The van der Waals surface area contributed by atoms with Crippen LogP contribution in [-0.4, -0.2) is 4.98 Å². The molecular formula is C9H7BrN2S2. The molecule has 0 bridgehead atoms. The standard InChI is InChI=1S/C9H7BrN2S2/c10-14-7-3-1-2-6(4-7)8-5-12-9(11)13-8/h1-5H,(H2,11,12). The van der Waals surface area contributed by atoms with Crippen molar-refractivity contribution >= 4 is 41.5 Å². The lowest BCUT2D eigenvalue weighted by Crippen LogP contribution is -1.77. The zero-order valence-corrected chi connectivity index (χ0v) is 10.3. The van der Waals surface area contributed by atoms with Crippen LogP contribution >= 0.6 is 36.3 Å². The summed E-state index contributed by atoms with van der Waals surface area (Å²) >= 11 is 4.85. The minimum absolute atomic E-state index is 0.608. The van der Waals surface area contributed by atoms with Gasteiger partial charge >= 0.3 is 0 Å². The minimum atomic E-state index is 0.608. The van der Waals surface area contributed by atoms with E-state index in [1.54, 1.807) is 16.4 Å². The molecule has 0 aliphatic heterocycles. The molecule has 0 aliphatic carbocycles. The number of hydrogen-bond donors (Lipinski definition) is 1. The highest BCUT2D eigenvalue weighted by molar-refractivity contribution is 9.50. The van der Waals surface area contributed by atoms with Gasteiger partial charge in [-0.25, -0.2) is 4.98 Å². The Morgan fingerprint density at radius 2 is 2.29 bits per heavy atom. The Morgan fingerprint density at radius 3 is 2.93 bits per heavy atom. The number of rotatable bonds is 2. The van der Waals surface area contributed by atoms with Crippen molar-refractivity contribution in [1.82, 2.24) is 4.98 Å². The van der Waals surface area contributed by atoms with Gasteiger partial charge < -0.3 is 5.73 Å². The molecule has 0 saturated carbocycles. The number of nitrogens with two attached hydrogens (primary N) is 1. The van der Waals surface area contributed by atoms with Crippen molar-refractivity contribution in [1.29, 1.82) is 0 Å². The summed E-state index contributed by atoms with van der Waals surface area (Å²) in [6, 6.07) is 8.23. The van der Waals surface area contributed by atoms with Crippen molar-refractivity contribution in [2.45, 2.75) is 4.90 Å². The molecule has 0 fully saturated rings. The molecule has 1 heterocycles. The van der Waals surface area contributed by atoms with Gasteiger partial charge in [-0.05, 0) is 42.7 Å². The molecule has 14 heavy (non-hydrogen) atoms. The Kier molecular flexibility index (Phi) is 3.10. The third-order valence-electron chi connectivity index (χ3n) is 1.73. The Balaban J connectivity index is 2.41. The van der Waals surface area contributed by atoms with Gasteiger partial charge in [0.15, 0.2) is 5.13 Å². The predicted molar refractivity (Wildman–Crippen MR) is 66.7 cm³/mol. The Morgan fingerprint density at radius 1 is 1.43 bits per heavy atom. The monoisotopic (exact) mass is 286 g/mol. The Labute approximate surface area is 97.8 Å². The zero-order chi connectivity index (χ0) is 9.97. The van der Waals surface area contributed by atoms with Crippen LogP contribution in [0, 0.1) is 0 Å². The maximum Gasteiger partial charge on any atom is 0.180 e. The number of thiazole rings is 1. The first kappa shape index (κ1) is 10.0. The molecule has 2 nitrogen and oxygen atoms in total. The van der Waals surface area contributed by atoms with E-state index in [2.05, 4.69) is 31.9 Å². The number of nitrogen functional groups attached to an aromatic ring is 1. The van der Waals surface area contributed by atoms with Gasteiger partial charge in [-0.1, -0.05) is 23.5 Å². The molecule has 1 aromatic heterocycles. The first-order valence-electron chi connectivity index (χ1n) is 3.90. The number of benzene rings is 1. The van der Waals surface area contributed by atoms with E-state index in [1.165, 1.54) is 16.2 Å². The third kappa shape index (κ3) is 2.10. The molecular weight excluding hydrogens is 280 g/mol. The summed E-state index contributed by atoms with van der Waals surface area (Å²) in [5.41, 5.74) is 6.74. The molecule has 5 heteroatoms. The summed E-state index contributed by atoms with van der Waals surface area (Å²) in [6.07, 6.45) is 1.80. The van der Waals surface area contributed by atoms with E-state index in [0.717, 1.165) is 10.4 Å². The minimum Gasteiger partial charge on any atom is -0.375 e. The van der Waals surface area contributed by atoms with Crippen LogP contribution in [-0.2, 0) is 0 Å². The average molecular weight is 287 g/mol. The van der Waals surface area contributed by atoms with Crippen LogP contribution in [0.4, 0.5) is 5.13 Å². The quantitative estimate of drug-likeness (QED) is 0.913. The topological polar surface area (TPSA) is 38.9 Å². The number of nitrogens with zero attached hydrogens (tertiary/aromatic N) is 1. The van der Waals surface area contributed by atoms with Gasteiger partial charge in [-0.15, -0.1) is 0 Å². The van der Waals surface area contributed by atoms with Gasteiger partial charge in [0.25, 0.3) is 0 Å². The molecule has 0 amide bonds. The van der Waals surface area contributed by atoms with Crippen molar-refractivity contribution < 1.29 is 0 Å². The van der Waals surface area contributed by atoms with Gasteiger partial charge in [0, 0.05) is 11.1 Å². The van der Waals surface area contributed by atoms with E-state index in [-0.39, 0.29) is 0 Å². The molecule has 72 valence electrons. The Bertz CT molecular complexity index is 442. The molecule has 0 aliphatic rings. The summed E-state index contributed by atoms with van der Waals surface area (Å²) in [5, 5.41) is 0.608. The smallest absolute Gasteiger partial charge is 0.180 e. The van der Waals surface area contributed by atoms with Crippen molar-refractivity contribution in [3.05, 3.63) is 30.5 Å². The van der Waals surface area contributed by atoms with E-state index in [0.29, 0.717) is 5.13 Å². The van der Waals surface area contributed by atoms with Crippen LogP contribution in [0.5, 0.6) is 0 Å². The molecule has 2 aromatic rings. The van der Waals surface area contributed by atoms with Crippen LogP contribution in [0.1, 0.15) is 0 Å². The van der Waals surface area contributed by atoms with Crippen molar-refractivity contribution in [2.24, 2.45) is 0 Å². The third-order valence-corrected chi connectivity index (χ3v) is 4.16. The van der Waals surface area contributed by atoms with Crippen LogP contribution in [0.2, 0.25) is 0 Å².